The van der Waals surface area contributed by atoms with Crippen LogP contribution in [0.15, 0.2) is 34.9 Å². The Kier molecular flexibility index (Phi) is 3.71. The molecule has 3 nitrogen and oxygen atoms in total. The summed E-state index contributed by atoms with van der Waals surface area (Å²) >= 11 is 3.49. The molecule has 1 aliphatic rings. The van der Waals surface area contributed by atoms with Crippen LogP contribution in [0.3, 0.4) is 0 Å². The van der Waals surface area contributed by atoms with Crippen LogP contribution in [0.4, 0.5) is 0 Å². The highest BCUT2D eigenvalue weighted by atomic mass is 79.9. The topological polar surface area (TPSA) is 29.9 Å². The molecule has 0 spiro atoms. The van der Waals surface area contributed by atoms with Crippen molar-refractivity contribution < 1.29 is 0 Å². The summed E-state index contributed by atoms with van der Waals surface area (Å²) in [6.07, 6.45) is 4.60. The number of halogens is 1. The summed E-state index contributed by atoms with van der Waals surface area (Å²) < 4.78 is 3.04. The van der Waals surface area contributed by atoms with Gasteiger partial charge in [0.25, 0.3) is 0 Å². The van der Waals surface area contributed by atoms with E-state index in [2.05, 4.69) is 51.7 Å². The van der Waals surface area contributed by atoms with Crippen molar-refractivity contribution in [3.05, 3.63) is 40.6 Å². The highest BCUT2D eigenvalue weighted by Gasteiger charge is 2.22. The summed E-state index contributed by atoms with van der Waals surface area (Å²) in [5.41, 5.74) is 3.75. The van der Waals surface area contributed by atoms with Crippen molar-refractivity contribution in [2.45, 2.75) is 18.8 Å². The minimum Gasteiger partial charge on any atom is -0.316 e. The van der Waals surface area contributed by atoms with E-state index in [0.717, 1.165) is 17.6 Å². The van der Waals surface area contributed by atoms with E-state index in [0.29, 0.717) is 5.92 Å². The molecular formula is C15H18BrN3. The van der Waals surface area contributed by atoms with Gasteiger partial charge in [0, 0.05) is 35.7 Å². The van der Waals surface area contributed by atoms with Gasteiger partial charge in [0.2, 0.25) is 0 Å². The monoisotopic (exact) mass is 319 g/mol. The molecule has 2 heterocycles. The molecule has 1 unspecified atom stereocenters. The number of piperidine rings is 1. The highest BCUT2D eigenvalue weighted by Crippen LogP contribution is 2.32. The van der Waals surface area contributed by atoms with E-state index in [9.17, 15) is 0 Å². The van der Waals surface area contributed by atoms with E-state index in [4.69, 9.17) is 5.10 Å². The van der Waals surface area contributed by atoms with Crippen LogP contribution in [-0.2, 0) is 7.05 Å². The Labute approximate surface area is 122 Å². The number of aryl methyl sites for hydroxylation is 1. The van der Waals surface area contributed by atoms with Crippen molar-refractivity contribution in [1.82, 2.24) is 15.1 Å². The standard InChI is InChI=1S/C15H18BrN3/c1-19-10-14(11-4-6-13(16)7-5-11)15(18-19)12-3-2-8-17-9-12/h4-7,10,12,17H,2-3,8-9H2,1H3. The number of rotatable bonds is 2. The first-order valence-electron chi connectivity index (χ1n) is 6.74. The first kappa shape index (κ1) is 12.9. The Bertz CT molecular complexity index is 553. The third-order valence-electron chi connectivity index (χ3n) is 3.70. The molecule has 1 N–H and O–H groups in total. The Morgan fingerprint density at radius 2 is 2.11 bits per heavy atom. The maximum absolute atomic E-state index is 4.70. The lowest BCUT2D eigenvalue weighted by atomic mass is 9.91. The van der Waals surface area contributed by atoms with Gasteiger partial charge in [-0.2, -0.15) is 5.10 Å². The van der Waals surface area contributed by atoms with E-state index < -0.39 is 0 Å². The molecule has 100 valence electrons. The number of hydrogen-bond donors (Lipinski definition) is 1. The third kappa shape index (κ3) is 2.74. The second kappa shape index (κ2) is 5.47. The summed E-state index contributed by atoms with van der Waals surface area (Å²) in [5, 5.41) is 8.17. The predicted octanol–water partition coefficient (Wildman–Crippen LogP) is 3.32. The van der Waals surface area contributed by atoms with Crippen molar-refractivity contribution in [3.8, 4) is 11.1 Å². The van der Waals surface area contributed by atoms with Gasteiger partial charge in [-0.15, -0.1) is 0 Å². The summed E-state index contributed by atoms with van der Waals surface area (Å²) in [5.74, 6) is 0.536. The van der Waals surface area contributed by atoms with Gasteiger partial charge in [0.05, 0.1) is 5.69 Å². The normalized spacial score (nSPS) is 19.6. The molecule has 3 rings (SSSR count). The fraction of sp³-hybridized carbons (Fsp3) is 0.400. The smallest absolute Gasteiger partial charge is 0.0746 e. The van der Waals surface area contributed by atoms with Crippen molar-refractivity contribution in [2.24, 2.45) is 7.05 Å². The molecule has 0 radical (unpaired) electrons. The first-order chi connectivity index (χ1) is 9.24. The summed E-state index contributed by atoms with van der Waals surface area (Å²) in [4.78, 5) is 0. The van der Waals surface area contributed by atoms with Crippen LogP contribution < -0.4 is 5.32 Å². The molecular weight excluding hydrogens is 302 g/mol. The van der Waals surface area contributed by atoms with E-state index in [-0.39, 0.29) is 0 Å². The number of benzene rings is 1. The lowest BCUT2D eigenvalue weighted by Crippen LogP contribution is -2.28. The SMILES string of the molecule is Cn1cc(-c2ccc(Br)cc2)c(C2CCCNC2)n1. The van der Waals surface area contributed by atoms with Crippen molar-refractivity contribution in [1.29, 1.82) is 0 Å². The van der Waals surface area contributed by atoms with Gasteiger partial charge in [0.1, 0.15) is 0 Å². The molecule has 1 aromatic carbocycles. The van der Waals surface area contributed by atoms with E-state index in [1.165, 1.54) is 29.7 Å². The van der Waals surface area contributed by atoms with Crippen molar-refractivity contribution >= 4 is 15.9 Å². The maximum Gasteiger partial charge on any atom is 0.0746 e. The van der Waals surface area contributed by atoms with Crippen LogP contribution in [0, 0.1) is 0 Å². The zero-order valence-electron chi connectivity index (χ0n) is 11.1. The van der Waals surface area contributed by atoms with Crippen LogP contribution >= 0.6 is 15.9 Å². The van der Waals surface area contributed by atoms with Crippen LogP contribution in [-0.4, -0.2) is 22.9 Å². The molecule has 1 aliphatic heterocycles. The molecule has 2 aromatic rings. The molecule has 0 aliphatic carbocycles. The number of aromatic nitrogens is 2. The van der Waals surface area contributed by atoms with Crippen LogP contribution in [0.25, 0.3) is 11.1 Å². The van der Waals surface area contributed by atoms with Crippen molar-refractivity contribution in [2.75, 3.05) is 13.1 Å². The number of nitrogens with zero attached hydrogens (tertiary/aromatic N) is 2. The van der Waals surface area contributed by atoms with Crippen LogP contribution in [0.5, 0.6) is 0 Å². The van der Waals surface area contributed by atoms with Gasteiger partial charge in [0.15, 0.2) is 0 Å². The quantitative estimate of drug-likeness (QED) is 0.920. The van der Waals surface area contributed by atoms with Crippen molar-refractivity contribution in [3.63, 3.8) is 0 Å². The molecule has 1 saturated heterocycles. The predicted molar refractivity (Wildman–Crippen MR) is 81.2 cm³/mol. The molecule has 1 aromatic heterocycles. The lowest BCUT2D eigenvalue weighted by Gasteiger charge is -2.22. The van der Waals surface area contributed by atoms with Gasteiger partial charge in [-0.1, -0.05) is 28.1 Å². The fourth-order valence-electron chi connectivity index (χ4n) is 2.74. The number of hydrogen-bond acceptors (Lipinski definition) is 2. The minimum absolute atomic E-state index is 0.536. The fourth-order valence-corrected chi connectivity index (χ4v) is 3.01. The molecule has 0 bridgehead atoms. The summed E-state index contributed by atoms with van der Waals surface area (Å²) in [7, 11) is 2.00. The Morgan fingerprint density at radius 1 is 1.32 bits per heavy atom. The third-order valence-corrected chi connectivity index (χ3v) is 4.22. The summed E-state index contributed by atoms with van der Waals surface area (Å²) in [6, 6.07) is 8.48. The molecule has 4 heteroatoms. The Morgan fingerprint density at radius 3 is 2.79 bits per heavy atom. The largest absolute Gasteiger partial charge is 0.316 e. The van der Waals surface area contributed by atoms with E-state index in [1.54, 1.807) is 0 Å². The molecule has 0 amide bonds. The number of nitrogens with one attached hydrogen (secondary N) is 1. The van der Waals surface area contributed by atoms with Gasteiger partial charge in [-0.05, 0) is 37.1 Å². The Balaban J connectivity index is 1.98. The molecule has 1 fully saturated rings. The molecule has 0 saturated carbocycles. The highest BCUT2D eigenvalue weighted by molar-refractivity contribution is 9.10. The summed E-state index contributed by atoms with van der Waals surface area (Å²) in [6.45, 7) is 2.18. The minimum atomic E-state index is 0.536. The zero-order chi connectivity index (χ0) is 13.2. The lowest BCUT2D eigenvalue weighted by molar-refractivity contribution is 0.452. The average molecular weight is 320 g/mol. The maximum atomic E-state index is 4.70. The molecule has 1 atom stereocenters. The van der Waals surface area contributed by atoms with Crippen LogP contribution in [0.1, 0.15) is 24.5 Å². The first-order valence-corrected chi connectivity index (χ1v) is 7.53. The van der Waals surface area contributed by atoms with E-state index in [1.807, 2.05) is 11.7 Å². The second-order valence-electron chi connectivity index (χ2n) is 5.15. The van der Waals surface area contributed by atoms with Gasteiger partial charge in [-0.3, -0.25) is 4.68 Å². The molecule has 19 heavy (non-hydrogen) atoms. The Hall–Kier alpha value is -1.13. The van der Waals surface area contributed by atoms with Gasteiger partial charge in [-0.25, -0.2) is 0 Å². The van der Waals surface area contributed by atoms with E-state index >= 15 is 0 Å². The zero-order valence-corrected chi connectivity index (χ0v) is 12.7. The van der Waals surface area contributed by atoms with Gasteiger partial charge < -0.3 is 5.32 Å². The van der Waals surface area contributed by atoms with Crippen LogP contribution in [0.2, 0.25) is 0 Å². The average Bonchev–Trinajstić information content (AvgIpc) is 2.83. The van der Waals surface area contributed by atoms with Gasteiger partial charge >= 0.3 is 0 Å². The second-order valence-corrected chi connectivity index (χ2v) is 6.07.